The van der Waals surface area contributed by atoms with Crippen molar-refractivity contribution >= 4 is 17.0 Å². The number of ether oxygens (including phenoxy) is 1. The van der Waals surface area contributed by atoms with Crippen LogP contribution in [0.3, 0.4) is 0 Å². The van der Waals surface area contributed by atoms with E-state index in [0.717, 1.165) is 27.8 Å². The number of hydrogen-bond acceptors (Lipinski definition) is 4. The molecule has 2 aromatic heterocycles. The Balaban J connectivity index is 1.57. The Morgan fingerprint density at radius 3 is 2.56 bits per heavy atom. The van der Waals surface area contributed by atoms with Gasteiger partial charge in [-0.15, -0.1) is 0 Å². The summed E-state index contributed by atoms with van der Waals surface area (Å²) in [6.45, 7) is 0. The van der Waals surface area contributed by atoms with Crippen molar-refractivity contribution in [3.63, 3.8) is 0 Å². The number of rotatable bonds is 3. The van der Waals surface area contributed by atoms with Gasteiger partial charge < -0.3 is 9.64 Å². The van der Waals surface area contributed by atoms with Crippen LogP contribution in [0.15, 0.2) is 73.1 Å². The zero-order valence-electron chi connectivity index (χ0n) is 15.0. The molecule has 0 N–H and O–H groups in total. The topological polar surface area (TPSA) is 60.2 Å². The molecular weight excluding hydrogens is 340 g/mol. The van der Waals surface area contributed by atoms with Crippen LogP contribution in [0.5, 0.6) is 5.75 Å². The van der Waals surface area contributed by atoms with Gasteiger partial charge in [0.25, 0.3) is 0 Å². The number of carbonyl (C=O) groups is 1. The lowest BCUT2D eigenvalue weighted by molar-refractivity contribution is 0.172. The van der Waals surface area contributed by atoms with Crippen molar-refractivity contribution in [1.29, 1.82) is 0 Å². The van der Waals surface area contributed by atoms with Crippen LogP contribution < -0.4 is 4.74 Å². The molecule has 0 aliphatic carbocycles. The third-order valence-corrected chi connectivity index (χ3v) is 4.15. The Morgan fingerprint density at radius 1 is 1.00 bits per heavy atom. The molecule has 134 valence electrons. The Kier molecular flexibility index (Phi) is 4.30. The first-order valence-electron chi connectivity index (χ1n) is 8.50. The smallest absolute Gasteiger partial charge is 0.410 e. The number of fused-ring (bicyclic) bond motifs is 1. The maximum absolute atomic E-state index is 11.6. The van der Waals surface area contributed by atoms with E-state index in [2.05, 4.69) is 11.2 Å². The molecule has 0 aliphatic heterocycles. The summed E-state index contributed by atoms with van der Waals surface area (Å²) in [6, 6.07) is 19.3. The average Bonchev–Trinajstić information content (AvgIpc) is 3.18. The zero-order chi connectivity index (χ0) is 18.8. The second-order valence-corrected chi connectivity index (χ2v) is 6.32. The van der Waals surface area contributed by atoms with Gasteiger partial charge in [-0.05, 0) is 36.4 Å². The Morgan fingerprint density at radius 2 is 1.78 bits per heavy atom. The summed E-state index contributed by atoms with van der Waals surface area (Å²) in [4.78, 5) is 17.7. The number of hydrogen-bond donors (Lipinski definition) is 0. The van der Waals surface area contributed by atoms with Crippen molar-refractivity contribution in [2.75, 3.05) is 14.1 Å². The SMILES string of the molecule is CN(C)C(=O)Oc1ccc(-n2cc(-c3ccc4ccccc4n3)cn2)cc1. The second kappa shape index (κ2) is 6.92. The van der Waals surface area contributed by atoms with Gasteiger partial charge in [0, 0.05) is 31.2 Å². The summed E-state index contributed by atoms with van der Waals surface area (Å²) < 4.78 is 7.00. The van der Waals surface area contributed by atoms with Gasteiger partial charge in [0.15, 0.2) is 0 Å². The quantitative estimate of drug-likeness (QED) is 0.552. The van der Waals surface area contributed by atoms with Gasteiger partial charge >= 0.3 is 6.09 Å². The van der Waals surface area contributed by atoms with Gasteiger partial charge in [-0.3, -0.25) is 0 Å². The van der Waals surface area contributed by atoms with E-state index in [0.29, 0.717) is 5.75 Å². The molecule has 27 heavy (non-hydrogen) atoms. The van der Waals surface area contributed by atoms with E-state index in [1.165, 1.54) is 4.90 Å². The molecule has 0 unspecified atom stereocenters. The Hall–Kier alpha value is -3.67. The largest absolute Gasteiger partial charge is 0.414 e. The lowest BCUT2D eigenvalue weighted by atomic mass is 10.1. The normalized spacial score (nSPS) is 10.7. The number of pyridine rings is 1. The van der Waals surface area contributed by atoms with E-state index in [-0.39, 0.29) is 0 Å². The fourth-order valence-electron chi connectivity index (χ4n) is 2.68. The van der Waals surface area contributed by atoms with Crippen LogP contribution in [-0.4, -0.2) is 39.9 Å². The van der Waals surface area contributed by atoms with E-state index in [1.54, 1.807) is 37.1 Å². The lowest BCUT2D eigenvalue weighted by Gasteiger charge is -2.10. The van der Waals surface area contributed by atoms with E-state index in [1.807, 2.05) is 48.7 Å². The first-order chi connectivity index (χ1) is 13.1. The van der Waals surface area contributed by atoms with Crippen LogP contribution in [0.2, 0.25) is 0 Å². The predicted molar refractivity (Wildman–Crippen MR) is 104 cm³/mol. The first-order valence-corrected chi connectivity index (χ1v) is 8.50. The number of nitrogens with zero attached hydrogens (tertiary/aromatic N) is 4. The molecule has 4 rings (SSSR count). The highest BCUT2D eigenvalue weighted by Crippen LogP contribution is 2.22. The number of amides is 1. The third kappa shape index (κ3) is 3.50. The molecule has 1 amide bonds. The third-order valence-electron chi connectivity index (χ3n) is 4.15. The van der Waals surface area contributed by atoms with Crippen LogP contribution in [0, 0.1) is 0 Å². The predicted octanol–water partition coefficient (Wildman–Crippen LogP) is 4.15. The van der Waals surface area contributed by atoms with E-state index < -0.39 is 6.09 Å². The molecule has 6 heteroatoms. The van der Waals surface area contributed by atoms with Gasteiger partial charge in [-0.25, -0.2) is 14.5 Å². The van der Waals surface area contributed by atoms with E-state index in [4.69, 9.17) is 9.72 Å². The highest BCUT2D eigenvalue weighted by molar-refractivity contribution is 5.81. The van der Waals surface area contributed by atoms with Crippen molar-refractivity contribution in [3.8, 4) is 22.7 Å². The van der Waals surface area contributed by atoms with Crippen LogP contribution in [0.4, 0.5) is 4.79 Å². The van der Waals surface area contributed by atoms with E-state index in [9.17, 15) is 4.79 Å². The molecule has 0 spiro atoms. The molecule has 2 aromatic carbocycles. The molecule has 0 saturated heterocycles. The highest BCUT2D eigenvalue weighted by atomic mass is 16.6. The maximum atomic E-state index is 11.6. The fraction of sp³-hybridized carbons (Fsp3) is 0.0952. The van der Waals surface area contributed by atoms with Crippen molar-refractivity contribution < 1.29 is 9.53 Å². The first kappa shape index (κ1) is 16.8. The van der Waals surface area contributed by atoms with Gasteiger partial charge in [0.1, 0.15) is 5.75 Å². The minimum Gasteiger partial charge on any atom is -0.410 e. The molecule has 0 saturated carbocycles. The van der Waals surface area contributed by atoms with Gasteiger partial charge in [0.2, 0.25) is 0 Å². The second-order valence-electron chi connectivity index (χ2n) is 6.32. The standard InChI is InChI=1S/C21H18N4O2/c1-24(2)21(26)27-18-10-8-17(9-11-18)25-14-16(13-22-25)20-12-7-15-5-3-4-6-19(15)23-20/h3-14H,1-2H3. The summed E-state index contributed by atoms with van der Waals surface area (Å²) in [5, 5.41) is 5.53. The Bertz CT molecular complexity index is 1100. The van der Waals surface area contributed by atoms with E-state index >= 15 is 0 Å². The molecule has 0 atom stereocenters. The average molecular weight is 358 g/mol. The van der Waals surface area contributed by atoms with Gasteiger partial charge in [-0.1, -0.05) is 24.3 Å². The Labute approximate surface area is 156 Å². The summed E-state index contributed by atoms with van der Waals surface area (Å²) >= 11 is 0. The fourth-order valence-corrected chi connectivity index (χ4v) is 2.68. The zero-order valence-corrected chi connectivity index (χ0v) is 15.0. The molecule has 0 fully saturated rings. The summed E-state index contributed by atoms with van der Waals surface area (Å²) in [7, 11) is 3.28. The van der Waals surface area contributed by atoms with Crippen LogP contribution in [-0.2, 0) is 0 Å². The highest BCUT2D eigenvalue weighted by Gasteiger charge is 2.08. The molecule has 0 aliphatic rings. The minimum atomic E-state index is -0.411. The number of carbonyl (C=O) groups excluding carboxylic acids is 1. The maximum Gasteiger partial charge on any atom is 0.414 e. The van der Waals surface area contributed by atoms with Crippen molar-refractivity contribution in [1.82, 2.24) is 19.7 Å². The van der Waals surface area contributed by atoms with Gasteiger partial charge in [0.05, 0.1) is 23.1 Å². The molecule has 4 aromatic rings. The molecule has 6 nitrogen and oxygen atoms in total. The minimum absolute atomic E-state index is 0.411. The van der Waals surface area contributed by atoms with Crippen LogP contribution in [0.25, 0.3) is 27.8 Å². The van der Waals surface area contributed by atoms with Crippen LogP contribution in [0.1, 0.15) is 0 Å². The molecule has 0 radical (unpaired) electrons. The van der Waals surface area contributed by atoms with Crippen molar-refractivity contribution in [2.45, 2.75) is 0 Å². The molecule has 2 heterocycles. The monoisotopic (exact) mass is 358 g/mol. The number of benzene rings is 2. The molecular formula is C21H18N4O2. The number of aromatic nitrogens is 3. The summed E-state index contributed by atoms with van der Waals surface area (Å²) in [5.41, 5.74) is 3.63. The van der Waals surface area contributed by atoms with Crippen molar-refractivity contribution in [2.24, 2.45) is 0 Å². The molecule has 0 bridgehead atoms. The van der Waals surface area contributed by atoms with Crippen molar-refractivity contribution in [3.05, 3.63) is 73.1 Å². The van der Waals surface area contributed by atoms with Gasteiger partial charge in [-0.2, -0.15) is 5.10 Å². The summed E-state index contributed by atoms with van der Waals surface area (Å²) in [6.07, 6.45) is 3.31. The number of para-hydroxylation sites is 1. The lowest BCUT2D eigenvalue weighted by Crippen LogP contribution is -2.25. The van der Waals surface area contributed by atoms with Crippen LogP contribution >= 0.6 is 0 Å². The summed E-state index contributed by atoms with van der Waals surface area (Å²) in [5.74, 6) is 0.487.